The van der Waals surface area contributed by atoms with Gasteiger partial charge in [-0.25, -0.2) is 13.8 Å². The molecule has 0 unspecified atom stereocenters. The number of halogens is 2. The quantitative estimate of drug-likeness (QED) is 0.726. The van der Waals surface area contributed by atoms with Crippen LogP contribution in [0.1, 0.15) is 12.8 Å². The number of fused-ring (bicyclic) bond motifs is 1. The Kier molecular flexibility index (Phi) is 3.44. The first-order valence-electron chi connectivity index (χ1n) is 7.70. The Morgan fingerprint density at radius 1 is 1.00 bits per heavy atom. The van der Waals surface area contributed by atoms with Crippen molar-refractivity contribution in [3.63, 3.8) is 0 Å². The van der Waals surface area contributed by atoms with E-state index in [1.807, 2.05) is 22.9 Å². The smallest absolute Gasteiger partial charge is 0.236 e. The molecular weight excluding hydrogens is 298 g/mol. The van der Waals surface area contributed by atoms with Crippen molar-refractivity contribution in [2.75, 3.05) is 18.0 Å². The maximum Gasteiger partial charge on any atom is 0.236 e. The highest BCUT2D eigenvalue weighted by Crippen LogP contribution is 2.22. The first kappa shape index (κ1) is 14.1. The van der Waals surface area contributed by atoms with E-state index in [2.05, 4.69) is 14.9 Å². The van der Waals surface area contributed by atoms with Gasteiger partial charge in [-0.2, -0.15) is 4.98 Å². The zero-order valence-electron chi connectivity index (χ0n) is 12.5. The van der Waals surface area contributed by atoms with E-state index in [0.29, 0.717) is 31.7 Å². The topological polar surface area (TPSA) is 33.4 Å². The third-order valence-electron chi connectivity index (χ3n) is 4.20. The van der Waals surface area contributed by atoms with Crippen molar-refractivity contribution >= 4 is 11.6 Å². The standard InChI is InChI=1S/C17H16F2N4/c18-13-3-1-12(2-4-13)15-11-23-10-7-16(21-17(23)20-15)22-8-5-14(19)6-9-22/h1-4,7,10-11,14H,5-6,8-9H2. The number of piperidine rings is 1. The Balaban J connectivity index is 1.65. The monoisotopic (exact) mass is 314 g/mol. The van der Waals surface area contributed by atoms with E-state index < -0.39 is 6.17 Å². The zero-order chi connectivity index (χ0) is 15.8. The van der Waals surface area contributed by atoms with E-state index >= 15 is 0 Å². The molecule has 4 nitrogen and oxygen atoms in total. The molecule has 0 amide bonds. The summed E-state index contributed by atoms with van der Waals surface area (Å²) in [5, 5.41) is 0. The molecule has 3 aromatic rings. The minimum Gasteiger partial charge on any atom is -0.356 e. The Bertz CT molecular complexity index is 820. The van der Waals surface area contributed by atoms with Crippen LogP contribution in [0.3, 0.4) is 0 Å². The van der Waals surface area contributed by atoms with Gasteiger partial charge in [0.05, 0.1) is 5.69 Å². The molecule has 0 aliphatic carbocycles. The van der Waals surface area contributed by atoms with Crippen LogP contribution in [0.2, 0.25) is 0 Å². The predicted octanol–water partition coefficient (Wildman–Crippen LogP) is 3.47. The lowest BCUT2D eigenvalue weighted by molar-refractivity contribution is 0.277. The van der Waals surface area contributed by atoms with Crippen molar-refractivity contribution in [1.82, 2.24) is 14.4 Å². The van der Waals surface area contributed by atoms with Gasteiger partial charge in [0.2, 0.25) is 5.78 Å². The van der Waals surface area contributed by atoms with Crippen molar-refractivity contribution in [2.24, 2.45) is 0 Å². The largest absolute Gasteiger partial charge is 0.356 e. The average Bonchev–Trinajstić information content (AvgIpc) is 2.99. The average molecular weight is 314 g/mol. The Hall–Kier alpha value is -2.50. The third-order valence-corrected chi connectivity index (χ3v) is 4.20. The Morgan fingerprint density at radius 3 is 2.48 bits per heavy atom. The predicted molar refractivity (Wildman–Crippen MR) is 84.7 cm³/mol. The summed E-state index contributed by atoms with van der Waals surface area (Å²) < 4.78 is 28.1. The number of benzene rings is 1. The van der Waals surface area contributed by atoms with Crippen LogP contribution >= 0.6 is 0 Å². The maximum atomic E-state index is 13.3. The van der Waals surface area contributed by atoms with Crippen molar-refractivity contribution in [1.29, 1.82) is 0 Å². The molecule has 0 N–H and O–H groups in total. The molecule has 1 saturated heterocycles. The number of alkyl halides is 1. The van der Waals surface area contributed by atoms with Crippen LogP contribution in [0.15, 0.2) is 42.7 Å². The summed E-state index contributed by atoms with van der Waals surface area (Å²) >= 11 is 0. The molecule has 0 atom stereocenters. The fourth-order valence-corrected chi connectivity index (χ4v) is 2.88. The van der Waals surface area contributed by atoms with Crippen molar-refractivity contribution in [3.8, 4) is 11.3 Å². The normalized spacial score (nSPS) is 16.2. The van der Waals surface area contributed by atoms with Gasteiger partial charge in [-0.1, -0.05) is 0 Å². The van der Waals surface area contributed by atoms with Gasteiger partial charge >= 0.3 is 0 Å². The van der Waals surface area contributed by atoms with E-state index in [9.17, 15) is 8.78 Å². The highest BCUT2D eigenvalue weighted by Gasteiger charge is 2.19. The van der Waals surface area contributed by atoms with E-state index in [0.717, 1.165) is 17.1 Å². The molecular formula is C17H16F2N4. The summed E-state index contributed by atoms with van der Waals surface area (Å²) in [5.74, 6) is 1.14. The number of rotatable bonds is 2. The second kappa shape index (κ2) is 5.61. The number of imidazole rings is 1. The Labute approximate surface area is 132 Å². The van der Waals surface area contributed by atoms with Crippen LogP contribution in [0.4, 0.5) is 14.6 Å². The summed E-state index contributed by atoms with van der Waals surface area (Å²) in [7, 11) is 0. The summed E-state index contributed by atoms with van der Waals surface area (Å²) in [6.07, 6.45) is 4.16. The van der Waals surface area contributed by atoms with Crippen LogP contribution in [0.25, 0.3) is 17.0 Å². The molecule has 6 heteroatoms. The second-order valence-corrected chi connectivity index (χ2v) is 5.79. The fourth-order valence-electron chi connectivity index (χ4n) is 2.88. The lowest BCUT2D eigenvalue weighted by atomic mass is 10.1. The van der Waals surface area contributed by atoms with Gasteiger partial charge < -0.3 is 4.90 Å². The minimum absolute atomic E-state index is 0.269. The molecule has 118 valence electrons. The number of hydrogen-bond donors (Lipinski definition) is 0. The number of hydrogen-bond acceptors (Lipinski definition) is 3. The van der Waals surface area contributed by atoms with E-state index in [1.165, 1.54) is 12.1 Å². The van der Waals surface area contributed by atoms with Crippen LogP contribution in [-0.2, 0) is 0 Å². The highest BCUT2D eigenvalue weighted by molar-refractivity contribution is 5.62. The molecule has 1 aliphatic heterocycles. The maximum absolute atomic E-state index is 13.3. The van der Waals surface area contributed by atoms with E-state index in [-0.39, 0.29) is 5.82 Å². The number of nitrogens with zero attached hydrogens (tertiary/aromatic N) is 4. The summed E-state index contributed by atoms with van der Waals surface area (Å²) in [5.41, 5.74) is 1.59. The minimum atomic E-state index is -0.702. The summed E-state index contributed by atoms with van der Waals surface area (Å²) in [4.78, 5) is 11.2. The van der Waals surface area contributed by atoms with Gasteiger partial charge in [-0.05, 0) is 43.2 Å². The molecule has 3 heterocycles. The molecule has 23 heavy (non-hydrogen) atoms. The van der Waals surface area contributed by atoms with Gasteiger partial charge in [-0.3, -0.25) is 4.40 Å². The van der Waals surface area contributed by atoms with Crippen molar-refractivity contribution in [2.45, 2.75) is 19.0 Å². The van der Waals surface area contributed by atoms with Crippen LogP contribution < -0.4 is 4.90 Å². The van der Waals surface area contributed by atoms with Gasteiger partial charge in [-0.15, -0.1) is 0 Å². The van der Waals surface area contributed by atoms with Crippen LogP contribution in [0.5, 0.6) is 0 Å². The van der Waals surface area contributed by atoms with Gasteiger partial charge in [0.15, 0.2) is 0 Å². The molecule has 1 aliphatic rings. The number of aromatic nitrogens is 3. The lowest BCUT2D eigenvalue weighted by Crippen LogP contribution is -2.34. The van der Waals surface area contributed by atoms with Crippen molar-refractivity contribution < 1.29 is 8.78 Å². The van der Waals surface area contributed by atoms with Crippen LogP contribution in [0, 0.1) is 5.82 Å². The molecule has 0 radical (unpaired) electrons. The van der Waals surface area contributed by atoms with Crippen molar-refractivity contribution in [3.05, 3.63) is 48.5 Å². The first-order valence-corrected chi connectivity index (χ1v) is 7.70. The molecule has 1 fully saturated rings. The summed E-state index contributed by atoms with van der Waals surface area (Å²) in [6.45, 7) is 1.35. The van der Waals surface area contributed by atoms with E-state index in [1.54, 1.807) is 12.1 Å². The first-order chi connectivity index (χ1) is 11.2. The fraction of sp³-hybridized carbons (Fsp3) is 0.294. The molecule has 0 saturated carbocycles. The molecule has 2 aromatic heterocycles. The highest BCUT2D eigenvalue weighted by atomic mass is 19.1. The molecule has 0 spiro atoms. The Morgan fingerprint density at radius 2 is 1.74 bits per heavy atom. The third kappa shape index (κ3) is 2.76. The zero-order valence-corrected chi connectivity index (χ0v) is 12.5. The molecule has 4 rings (SSSR count). The van der Waals surface area contributed by atoms with Gasteiger partial charge in [0.25, 0.3) is 0 Å². The van der Waals surface area contributed by atoms with Gasteiger partial charge in [0.1, 0.15) is 17.8 Å². The van der Waals surface area contributed by atoms with E-state index in [4.69, 9.17) is 0 Å². The lowest BCUT2D eigenvalue weighted by Gasteiger charge is -2.29. The van der Waals surface area contributed by atoms with Gasteiger partial charge in [0, 0.05) is 31.0 Å². The van der Waals surface area contributed by atoms with Crippen LogP contribution in [-0.4, -0.2) is 33.6 Å². The molecule has 0 bridgehead atoms. The second-order valence-electron chi connectivity index (χ2n) is 5.79. The SMILES string of the molecule is Fc1ccc(-c2cn3ccc(N4CCC(F)CC4)nc3n2)cc1. The number of anilines is 1. The molecule has 1 aromatic carbocycles. The summed E-state index contributed by atoms with van der Waals surface area (Å²) in [6, 6.07) is 8.15.